The van der Waals surface area contributed by atoms with Crippen LogP contribution in [0.2, 0.25) is 10.0 Å². The first kappa shape index (κ1) is 16.4. The third kappa shape index (κ3) is 3.25. The lowest BCUT2D eigenvalue weighted by molar-refractivity contribution is 0.403. The number of benzene rings is 1. The Labute approximate surface area is 134 Å². The highest BCUT2D eigenvalue weighted by Gasteiger charge is 2.38. The normalized spacial score (nSPS) is 15.8. The molecule has 0 saturated heterocycles. The van der Waals surface area contributed by atoms with Gasteiger partial charge in [-0.15, -0.1) is 11.6 Å². The molecule has 3 nitrogen and oxygen atoms in total. The van der Waals surface area contributed by atoms with E-state index < -0.39 is 10.0 Å². The lowest BCUT2D eigenvalue weighted by Gasteiger charge is -2.22. The van der Waals surface area contributed by atoms with E-state index in [1.165, 1.54) is 10.4 Å². The third-order valence-corrected chi connectivity index (χ3v) is 6.25. The van der Waals surface area contributed by atoms with E-state index in [4.69, 9.17) is 34.8 Å². The SMILES string of the molecule is CCCN(C1CC1)S(=O)(=O)c1cc(Cl)cc(CCl)c1Cl. The Morgan fingerprint density at radius 1 is 1.30 bits per heavy atom. The molecule has 0 bridgehead atoms. The van der Waals surface area contributed by atoms with Crippen LogP contribution in [0.5, 0.6) is 0 Å². The molecule has 0 N–H and O–H groups in total. The monoisotopic (exact) mass is 355 g/mol. The van der Waals surface area contributed by atoms with E-state index in [9.17, 15) is 8.42 Å². The highest BCUT2D eigenvalue weighted by molar-refractivity contribution is 7.89. The minimum Gasteiger partial charge on any atom is -0.207 e. The smallest absolute Gasteiger partial charge is 0.207 e. The van der Waals surface area contributed by atoms with Crippen molar-refractivity contribution in [3.05, 3.63) is 27.7 Å². The molecule has 112 valence electrons. The topological polar surface area (TPSA) is 37.4 Å². The van der Waals surface area contributed by atoms with Crippen LogP contribution in [0.25, 0.3) is 0 Å². The summed E-state index contributed by atoms with van der Waals surface area (Å²) in [4.78, 5) is 0.0580. The Morgan fingerprint density at radius 3 is 2.45 bits per heavy atom. The summed E-state index contributed by atoms with van der Waals surface area (Å²) in [5.74, 6) is 0.124. The molecule has 20 heavy (non-hydrogen) atoms. The maximum absolute atomic E-state index is 12.8. The van der Waals surface area contributed by atoms with Crippen LogP contribution >= 0.6 is 34.8 Å². The average Bonchev–Trinajstić information content (AvgIpc) is 3.22. The fourth-order valence-electron chi connectivity index (χ4n) is 2.11. The van der Waals surface area contributed by atoms with E-state index in [2.05, 4.69) is 0 Å². The number of hydrogen-bond donors (Lipinski definition) is 0. The Bertz CT molecular complexity index is 600. The van der Waals surface area contributed by atoms with Gasteiger partial charge in [0.25, 0.3) is 0 Å². The van der Waals surface area contributed by atoms with Gasteiger partial charge in [0.1, 0.15) is 4.90 Å². The minimum atomic E-state index is -3.63. The number of rotatable bonds is 6. The van der Waals surface area contributed by atoms with Crippen LogP contribution in [0.4, 0.5) is 0 Å². The second-order valence-corrected chi connectivity index (χ2v) is 7.80. The first-order valence-corrected chi connectivity index (χ1v) is 9.20. The van der Waals surface area contributed by atoms with E-state index in [0.717, 1.165) is 19.3 Å². The molecule has 0 radical (unpaired) electrons. The highest BCUT2D eigenvalue weighted by Crippen LogP contribution is 2.37. The second-order valence-electron chi connectivity index (χ2n) is 4.86. The maximum Gasteiger partial charge on any atom is 0.244 e. The fraction of sp³-hybridized carbons (Fsp3) is 0.538. The standard InChI is InChI=1S/C13H16Cl3NO2S/c1-2-5-17(11-3-4-11)20(18,19)12-7-10(15)6-9(8-14)13(12)16/h6-7,11H,2-5,8H2,1H3. The quantitative estimate of drug-likeness (QED) is 0.713. The molecule has 2 rings (SSSR count). The van der Waals surface area contributed by atoms with Gasteiger partial charge in [-0.3, -0.25) is 0 Å². The average molecular weight is 357 g/mol. The maximum atomic E-state index is 12.8. The zero-order valence-corrected chi connectivity index (χ0v) is 14.2. The van der Waals surface area contributed by atoms with Crippen LogP contribution in [0.1, 0.15) is 31.7 Å². The van der Waals surface area contributed by atoms with Gasteiger partial charge in [-0.25, -0.2) is 8.42 Å². The van der Waals surface area contributed by atoms with Gasteiger partial charge in [0, 0.05) is 23.5 Å². The largest absolute Gasteiger partial charge is 0.244 e. The molecular weight excluding hydrogens is 341 g/mol. The second kappa shape index (κ2) is 6.41. The molecule has 1 aliphatic rings. The molecule has 0 aliphatic heterocycles. The predicted molar refractivity (Wildman–Crippen MR) is 83.2 cm³/mol. The summed E-state index contributed by atoms with van der Waals surface area (Å²) in [6, 6.07) is 3.09. The highest BCUT2D eigenvalue weighted by atomic mass is 35.5. The van der Waals surface area contributed by atoms with Crippen molar-refractivity contribution in [3.63, 3.8) is 0 Å². The summed E-state index contributed by atoms with van der Waals surface area (Å²) in [6.07, 6.45) is 2.57. The van der Waals surface area contributed by atoms with Crippen LogP contribution in [0.15, 0.2) is 17.0 Å². The molecule has 1 aromatic carbocycles. The Kier molecular flexibility index (Phi) is 5.24. The number of nitrogens with zero attached hydrogens (tertiary/aromatic N) is 1. The lowest BCUT2D eigenvalue weighted by atomic mass is 10.2. The molecule has 0 heterocycles. The Balaban J connectivity index is 2.50. The van der Waals surface area contributed by atoms with E-state index >= 15 is 0 Å². The molecule has 0 amide bonds. The first-order valence-electron chi connectivity index (χ1n) is 6.47. The summed E-state index contributed by atoms with van der Waals surface area (Å²) in [5.41, 5.74) is 0.534. The summed E-state index contributed by atoms with van der Waals surface area (Å²) < 4.78 is 27.1. The van der Waals surface area contributed by atoms with Gasteiger partial charge in [-0.2, -0.15) is 4.31 Å². The predicted octanol–water partition coefficient (Wildman–Crippen LogP) is 4.30. The van der Waals surface area contributed by atoms with Crippen molar-refractivity contribution in [3.8, 4) is 0 Å². The number of sulfonamides is 1. The molecule has 0 unspecified atom stereocenters. The van der Waals surface area contributed by atoms with Crippen molar-refractivity contribution in [1.29, 1.82) is 0 Å². The third-order valence-electron chi connectivity index (χ3n) is 3.21. The van der Waals surface area contributed by atoms with Crippen molar-refractivity contribution in [2.24, 2.45) is 0 Å². The van der Waals surface area contributed by atoms with Crippen LogP contribution in [-0.2, 0) is 15.9 Å². The zero-order valence-electron chi connectivity index (χ0n) is 11.1. The van der Waals surface area contributed by atoms with Crippen molar-refractivity contribution in [1.82, 2.24) is 4.31 Å². The Morgan fingerprint density at radius 2 is 1.95 bits per heavy atom. The first-order chi connectivity index (χ1) is 9.41. The number of hydrogen-bond acceptors (Lipinski definition) is 2. The van der Waals surface area contributed by atoms with E-state index in [1.807, 2.05) is 6.92 Å². The van der Waals surface area contributed by atoms with Crippen molar-refractivity contribution in [2.75, 3.05) is 6.54 Å². The van der Waals surface area contributed by atoms with E-state index in [0.29, 0.717) is 17.1 Å². The fourth-order valence-corrected chi connectivity index (χ4v) is 5.08. The van der Waals surface area contributed by atoms with Crippen molar-refractivity contribution < 1.29 is 8.42 Å². The van der Waals surface area contributed by atoms with Gasteiger partial charge >= 0.3 is 0 Å². The van der Waals surface area contributed by atoms with Gasteiger partial charge in [0.2, 0.25) is 10.0 Å². The van der Waals surface area contributed by atoms with Gasteiger partial charge in [0.05, 0.1) is 5.02 Å². The minimum absolute atomic E-state index is 0.0580. The molecule has 0 atom stereocenters. The lowest BCUT2D eigenvalue weighted by Crippen LogP contribution is -2.34. The van der Waals surface area contributed by atoms with E-state index in [-0.39, 0.29) is 21.8 Å². The molecular formula is C13H16Cl3NO2S. The zero-order chi connectivity index (χ0) is 14.9. The number of alkyl halides is 1. The molecule has 1 fully saturated rings. The summed E-state index contributed by atoms with van der Waals surface area (Å²) >= 11 is 18.0. The van der Waals surface area contributed by atoms with Gasteiger partial charge in [-0.1, -0.05) is 30.1 Å². The van der Waals surface area contributed by atoms with Crippen molar-refractivity contribution >= 4 is 44.8 Å². The van der Waals surface area contributed by atoms with Gasteiger partial charge in [0.15, 0.2) is 0 Å². The molecule has 1 aromatic rings. The van der Waals surface area contributed by atoms with E-state index in [1.54, 1.807) is 6.07 Å². The van der Waals surface area contributed by atoms with Crippen LogP contribution in [-0.4, -0.2) is 25.3 Å². The summed E-state index contributed by atoms with van der Waals surface area (Å²) in [7, 11) is -3.63. The molecule has 0 aromatic heterocycles. The Hall–Kier alpha value is -0.000000000000000111. The van der Waals surface area contributed by atoms with Crippen LogP contribution in [0.3, 0.4) is 0 Å². The number of halogens is 3. The molecule has 1 saturated carbocycles. The van der Waals surface area contributed by atoms with Crippen LogP contribution in [0, 0.1) is 0 Å². The van der Waals surface area contributed by atoms with Gasteiger partial charge < -0.3 is 0 Å². The molecule has 7 heteroatoms. The van der Waals surface area contributed by atoms with Gasteiger partial charge in [-0.05, 0) is 37.0 Å². The summed E-state index contributed by atoms with van der Waals surface area (Å²) in [6.45, 7) is 2.45. The van der Waals surface area contributed by atoms with Crippen LogP contribution < -0.4 is 0 Å². The summed E-state index contributed by atoms with van der Waals surface area (Å²) in [5, 5.41) is 0.502. The molecule has 0 spiro atoms. The molecule has 1 aliphatic carbocycles. The van der Waals surface area contributed by atoms with Crippen molar-refractivity contribution in [2.45, 2.75) is 43.0 Å².